The van der Waals surface area contributed by atoms with Gasteiger partial charge in [-0.05, 0) is 47.2 Å². The number of hydrogen-bond acceptors (Lipinski definition) is 4. The third-order valence-electron chi connectivity index (χ3n) is 9.06. The van der Waals surface area contributed by atoms with Gasteiger partial charge in [0.05, 0.1) is 44.8 Å². The number of para-hydroxylation sites is 2. The minimum absolute atomic E-state index is 0.894. The number of fused-ring (bicyclic) bond motifs is 2. The Morgan fingerprint density at radius 2 is 0.646 bits per heavy atom. The summed E-state index contributed by atoms with van der Waals surface area (Å²) in [5.74, 6) is 0. The van der Waals surface area contributed by atoms with Crippen LogP contribution in [0.15, 0.2) is 146 Å². The Hall–Kier alpha value is -6.00. The van der Waals surface area contributed by atoms with E-state index >= 15 is 0 Å². The summed E-state index contributed by atoms with van der Waals surface area (Å²) in [4.78, 5) is 20.7. The first-order valence-corrected chi connectivity index (χ1v) is 16.6. The number of nitrogens with zero attached hydrogens (tertiary/aromatic N) is 4. The molecule has 0 aliphatic heterocycles. The average molecular weight is 619 g/mol. The van der Waals surface area contributed by atoms with Crippen molar-refractivity contribution in [1.29, 1.82) is 0 Å². The second kappa shape index (κ2) is 12.7. The molecule has 4 nitrogen and oxygen atoms in total. The van der Waals surface area contributed by atoms with Crippen molar-refractivity contribution < 1.29 is 0 Å². The van der Waals surface area contributed by atoms with Gasteiger partial charge in [-0.3, -0.25) is 0 Å². The lowest BCUT2D eigenvalue weighted by atomic mass is 9.97. The summed E-state index contributed by atoms with van der Waals surface area (Å²) in [6.45, 7) is 4.33. The van der Waals surface area contributed by atoms with E-state index in [9.17, 15) is 0 Å². The second-order valence-corrected chi connectivity index (χ2v) is 12.0. The molecule has 0 fully saturated rings. The molecule has 0 amide bonds. The van der Waals surface area contributed by atoms with Gasteiger partial charge in [0.15, 0.2) is 0 Å². The Bertz CT molecular complexity index is 2210. The molecule has 48 heavy (non-hydrogen) atoms. The summed E-state index contributed by atoms with van der Waals surface area (Å²) < 4.78 is 0. The van der Waals surface area contributed by atoms with Gasteiger partial charge in [0.2, 0.25) is 0 Å². The number of hydrogen-bond donors (Lipinski definition) is 0. The Morgan fingerprint density at radius 3 is 1.02 bits per heavy atom. The smallest absolute Gasteiger partial charge is 0.0973 e. The van der Waals surface area contributed by atoms with Crippen molar-refractivity contribution in [3.05, 3.63) is 157 Å². The van der Waals surface area contributed by atoms with Gasteiger partial charge in [0.1, 0.15) is 0 Å². The van der Waals surface area contributed by atoms with Crippen molar-refractivity contribution in [2.24, 2.45) is 0 Å². The van der Waals surface area contributed by atoms with Gasteiger partial charge in [0.25, 0.3) is 0 Å². The SMILES string of the molecule is CCc1cccc2nc(-c3ccccc3)c(-c3ccc(-c4ccc(-c5nc6c(CC)cccc6nc5-c5ccccc5)cc4)cc3)nc12. The van der Waals surface area contributed by atoms with Crippen LogP contribution in [0.2, 0.25) is 0 Å². The van der Waals surface area contributed by atoms with Crippen LogP contribution in [-0.2, 0) is 12.8 Å². The molecule has 0 aliphatic rings. The summed E-state index contributed by atoms with van der Waals surface area (Å²) in [7, 11) is 0. The van der Waals surface area contributed by atoms with E-state index in [0.29, 0.717) is 0 Å². The van der Waals surface area contributed by atoms with E-state index in [4.69, 9.17) is 19.9 Å². The van der Waals surface area contributed by atoms with Crippen LogP contribution in [0.25, 0.3) is 78.2 Å². The fraction of sp³-hybridized carbons (Fsp3) is 0.0909. The zero-order valence-electron chi connectivity index (χ0n) is 27.1. The fourth-order valence-corrected chi connectivity index (χ4v) is 6.48. The molecule has 8 rings (SSSR count). The topological polar surface area (TPSA) is 51.6 Å². The van der Waals surface area contributed by atoms with Crippen LogP contribution >= 0.6 is 0 Å². The normalized spacial score (nSPS) is 11.3. The zero-order chi connectivity index (χ0) is 32.5. The molecule has 2 heterocycles. The molecule has 0 saturated carbocycles. The second-order valence-electron chi connectivity index (χ2n) is 12.0. The molecule has 0 spiro atoms. The van der Waals surface area contributed by atoms with Crippen molar-refractivity contribution in [1.82, 2.24) is 19.9 Å². The van der Waals surface area contributed by atoms with Crippen LogP contribution in [0.1, 0.15) is 25.0 Å². The molecule has 0 bridgehead atoms. The Balaban J connectivity index is 1.18. The van der Waals surface area contributed by atoms with Gasteiger partial charge in [-0.15, -0.1) is 0 Å². The lowest BCUT2D eigenvalue weighted by Gasteiger charge is -2.14. The number of benzene rings is 6. The zero-order valence-corrected chi connectivity index (χ0v) is 27.1. The molecule has 0 atom stereocenters. The summed E-state index contributed by atoms with van der Waals surface area (Å²) >= 11 is 0. The van der Waals surface area contributed by atoms with Crippen LogP contribution in [0, 0.1) is 0 Å². The van der Waals surface area contributed by atoms with Crippen LogP contribution in [0.3, 0.4) is 0 Å². The van der Waals surface area contributed by atoms with E-state index in [-0.39, 0.29) is 0 Å². The highest BCUT2D eigenvalue weighted by atomic mass is 14.8. The molecular formula is C44H34N4. The molecule has 6 aromatic carbocycles. The number of aromatic nitrogens is 4. The maximum atomic E-state index is 5.23. The maximum Gasteiger partial charge on any atom is 0.0973 e. The molecule has 0 N–H and O–H groups in total. The van der Waals surface area contributed by atoms with Gasteiger partial charge in [-0.1, -0.05) is 147 Å². The highest BCUT2D eigenvalue weighted by Gasteiger charge is 2.17. The van der Waals surface area contributed by atoms with E-state index in [1.54, 1.807) is 0 Å². The number of aryl methyl sites for hydroxylation is 2. The van der Waals surface area contributed by atoms with Crippen molar-refractivity contribution in [3.8, 4) is 56.2 Å². The van der Waals surface area contributed by atoms with Crippen LogP contribution in [0.5, 0.6) is 0 Å². The Morgan fingerprint density at radius 1 is 0.312 bits per heavy atom. The first-order valence-electron chi connectivity index (χ1n) is 16.6. The highest BCUT2D eigenvalue weighted by molar-refractivity contribution is 5.90. The lowest BCUT2D eigenvalue weighted by molar-refractivity contribution is 1.14. The van der Waals surface area contributed by atoms with Crippen molar-refractivity contribution >= 4 is 22.1 Å². The third kappa shape index (κ3) is 5.41. The number of rotatable bonds is 7. The molecule has 0 saturated heterocycles. The summed E-state index contributed by atoms with van der Waals surface area (Å²) in [5.41, 5.74) is 16.2. The van der Waals surface area contributed by atoms with E-state index in [1.807, 2.05) is 12.1 Å². The average Bonchev–Trinajstić information content (AvgIpc) is 3.17. The molecule has 0 unspecified atom stereocenters. The monoisotopic (exact) mass is 618 g/mol. The molecule has 2 aromatic heterocycles. The standard InChI is InChI=1S/C44H34N4/c1-3-29-17-11-19-37-39(29)47-43(41(45-37)33-13-7-5-8-14-33)35-25-21-31(22-26-35)32-23-27-36(28-24-32)44-42(34-15-9-6-10-16-34)46-38-20-12-18-30(4-2)40(38)48-44/h5-28H,3-4H2,1-2H3. The van der Waals surface area contributed by atoms with Crippen LogP contribution < -0.4 is 0 Å². The quantitative estimate of drug-likeness (QED) is 0.178. The maximum absolute atomic E-state index is 5.23. The van der Waals surface area contributed by atoms with Gasteiger partial charge in [0, 0.05) is 22.3 Å². The van der Waals surface area contributed by atoms with Crippen LogP contribution in [-0.4, -0.2) is 19.9 Å². The molecule has 0 aliphatic carbocycles. The van der Waals surface area contributed by atoms with Crippen LogP contribution in [0.4, 0.5) is 0 Å². The van der Waals surface area contributed by atoms with E-state index in [1.165, 1.54) is 11.1 Å². The van der Waals surface area contributed by atoms with Crippen molar-refractivity contribution in [3.63, 3.8) is 0 Å². The first kappa shape index (κ1) is 29.4. The third-order valence-corrected chi connectivity index (χ3v) is 9.06. The van der Waals surface area contributed by atoms with Gasteiger partial charge in [-0.25, -0.2) is 19.9 Å². The lowest BCUT2D eigenvalue weighted by Crippen LogP contribution is -1.98. The van der Waals surface area contributed by atoms with E-state index in [0.717, 1.165) is 91.1 Å². The molecular weight excluding hydrogens is 585 g/mol. The van der Waals surface area contributed by atoms with Crippen molar-refractivity contribution in [2.75, 3.05) is 0 Å². The first-order chi connectivity index (χ1) is 23.7. The molecule has 0 radical (unpaired) electrons. The Kier molecular flexibility index (Phi) is 7.75. The Labute approximate surface area is 280 Å². The van der Waals surface area contributed by atoms with Gasteiger partial charge in [-0.2, -0.15) is 0 Å². The largest absolute Gasteiger partial charge is 0.244 e. The summed E-state index contributed by atoms with van der Waals surface area (Å²) in [6, 6.07) is 50.6. The summed E-state index contributed by atoms with van der Waals surface area (Å²) in [5, 5.41) is 0. The van der Waals surface area contributed by atoms with E-state index in [2.05, 4.69) is 147 Å². The highest BCUT2D eigenvalue weighted by Crippen LogP contribution is 2.35. The molecule has 8 aromatic rings. The summed E-state index contributed by atoms with van der Waals surface area (Å²) in [6.07, 6.45) is 1.81. The minimum Gasteiger partial charge on any atom is -0.244 e. The van der Waals surface area contributed by atoms with Crippen molar-refractivity contribution in [2.45, 2.75) is 26.7 Å². The molecule has 230 valence electrons. The predicted molar refractivity (Wildman–Crippen MR) is 199 cm³/mol. The molecule has 4 heteroatoms. The predicted octanol–water partition coefficient (Wildman–Crippen LogP) is 11.0. The fourth-order valence-electron chi connectivity index (χ4n) is 6.48. The van der Waals surface area contributed by atoms with Gasteiger partial charge < -0.3 is 0 Å². The van der Waals surface area contributed by atoms with Gasteiger partial charge >= 0.3 is 0 Å². The van der Waals surface area contributed by atoms with E-state index < -0.39 is 0 Å². The minimum atomic E-state index is 0.894.